The van der Waals surface area contributed by atoms with E-state index in [-0.39, 0.29) is 44.9 Å². The van der Waals surface area contributed by atoms with Gasteiger partial charge in [-0.3, -0.25) is 0 Å². The second kappa shape index (κ2) is 19.8. The SMILES string of the molecule is C#CCOCc1cn([C@H]2CC(OP(OCCC#N)N(C(C)C)C(C)C)[C@@H](COC(c3ccccc3)(c3ccc(OC)cc3)c3ccc(OC)cc3)O2)nn1. The lowest BCUT2D eigenvalue weighted by molar-refractivity contribution is -0.0941. The van der Waals surface area contributed by atoms with Crippen LogP contribution in [0.2, 0.25) is 0 Å². The summed E-state index contributed by atoms with van der Waals surface area (Å²) in [5.41, 5.74) is 2.27. The molecule has 0 N–H and O–H groups in total. The molecule has 4 atom stereocenters. The minimum absolute atomic E-state index is 0.114. The van der Waals surface area contributed by atoms with E-state index in [4.69, 9.17) is 39.2 Å². The number of rotatable bonds is 20. The average molecular weight is 756 g/mol. The molecule has 5 rings (SSSR count). The number of hydrogen-bond donors (Lipinski definition) is 0. The fourth-order valence-electron chi connectivity index (χ4n) is 6.55. The Hall–Kier alpha value is -4.36. The molecule has 0 spiro atoms. The van der Waals surface area contributed by atoms with E-state index in [1.54, 1.807) is 25.1 Å². The molecule has 1 aliphatic heterocycles. The number of hydrogen-bond acceptors (Lipinski definition) is 11. The summed E-state index contributed by atoms with van der Waals surface area (Å²) in [6, 6.07) is 28.3. The van der Waals surface area contributed by atoms with E-state index in [1.165, 1.54) is 0 Å². The smallest absolute Gasteiger partial charge is 0.259 e. The zero-order valence-corrected chi connectivity index (χ0v) is 32.7. The molecule has 0 saturated carbocycles. The normalized spacial score (nSPS) is 17.8. The highest BCUT2D eigenvalue weighted by molar-refractivity contribution is 7.44. The molecule has 0 radical (unpaired) electrons. The Morgan fingerprint density at radius 3 is 2.11 bits per heavy atom. The molecule has 54 heavy (non-hydrogen) atoms. The molecule has 1 fully saturated rings. The third-order valence-corrected chi connectivity index (χ3v) is 11.1. The Labute approximate surface area is 320 Å². The van der Waals surface area contributed by atoms with Crippen LogP contribution in [0.15, 0.2) is 85.1 Å². The van der Waals surface area contributed by atoms with Gasteiger partial charge in [-0.15, -0.1) is 11.5 Å². The van der Waals surface area contributed by atoms with Crippen molar-refractivity contribution < 1.29 is 32.7 Å². The van der Waals surface area contributed by atoms with Crippen molar-refractivity contribution in [2.75, 3.05) is 34.0 Å². The number of ether oxygens (including phenoxy) is 5. The molecule has 1 aromatic heterocycles. The molecular weight excluding hydrogens is 705 g/mol. The summed E-state index contributed by atoms with van der Waals surface area (Å²) in [6.07, 6.45) is 6.28. The van der Waals surface area contributed by atoms with Crippen molar-refractivity contribution in [3.05, 3.63) is 107 Å². The highest BCUT2D eigenvalue weighted by Gasteiger charge is 2.45. The first-order valence-corrected chi connectivity index (χ1v) is 19.2. The van der Waals surface area contributed by atoms with Crippen LogP contribution in [0.5, 0.6) is 11.5 Å². The van der Waals surface area contributed by atoms with E-state index in [1.807, 2.05) is 66.7 Å². The predicted octanol–water partition coefficient (Wildman–Crippen LogP) is 7.40. The first-order valence-electron chi connectivity index (χ1n) is 18.0. The van der Waals surface area contributed by atoms with E-state index < -0.39 is 32.6 Å². The van der Waals surface area contributed by atoms with Crippen LogP contribution in [0.1, 0.15) is 69.1 Å². The Morgan fingerprint density at radius 1 is 0.944 bits per heavy atom. The van der Waals surface area contributed by atoms with Crippen LogP contribution in [0.4, 0.5) is 0 Å². The molecule has 286 valence electrons. The summed E-state index contributed by atoms with van der Waals surface area (Å²) in [7, 11) is 1.70. The maximum atomic E-state index is 9.32. The van der Waals surface area contributed by atoms with Crippen molar-refractivity contribution in [2.24, 2.45) is 0 Å². The molecule has 4 aromatic rings. The summed E-state index contributed by atoms with van der Waals surface area (Å²) in [5.74, 6) is 3.93. The molecule has 1 saturated heterocycles. The first kappa shape index (κ1) is 40.8. The van der Waals surface area contributed by atoms with Gasteiger partial charge in [-0.1, -0.05) is 65.7 Å². The van der Waals surface area contributed by atoms with Gasteiger partial charge in [0.25, 0.3) is 8.53 Å². The minimum Gasteiger partial charge on any atom is -0.497 e. The molecule has 0 aliphatic carbocycles. The highest BCUT2D eigenvalue weighted by atomic mass is 31.2. The molecule has 2 heterocycles. The minimum atomic E-state index is -1.59. The maximum Gasteiger partial charge on any atom is 0.259 e. The van der Waals surface area contributed by atoms with Crippen LogP contribution in [0.3, 0.4) is 0 Å². The van der Waals surface area contributed by atoms with Gasteiger partial charge in [0, 0.05) is 18.5 Å². The zero-order valence-electron chi connectivity index (χ0n) is 31.8. The van der Waals surface area contributed by atoms with Gasteiger partial charge in [-0.25, -0.2) is 9.35 Å². The zero-order chi connectivity index (χ0) is 38.5. The Morgan fingerprint density at radius 2 is 1.56 bits per heavy atom. The van der Waals surface area contributed by atoms with Gasteiger partial charge in [0.15, 0.2) is 6.23 Å². The number of methoxy groups -OCH3 is 2. The fourth-order valence-corrected chi connectivity index (χ4v) is 8.31. The maximum absolute atomic E-state index is 9.32. The van der Waals surface area contributed by atoms with E-state index in [2.05, 4.69) is 66.8 Å². The van der Waals surface area contributed by atoms with E-state index in [0.717, 1.165) is 28.2 Å². The number of benzene rings is 3. The largest absolute Gasteiger partial charge is 0.497 e. The summed E-state index contributed by atoms with van der Waals surface area (Å²) in [4.78, 5) is 0. The van der Waals surface area contributed by atoms with E-state index in [0.29, 0.717) is 12.1 Å². The van der Waals surface area contributed by atoms with Crippen LogP contribution >= 0.6 is 8.53 Å². The lowest BCUT2D eigenvalue weighted by atomic mass is 9.80. The first-order chi connectivity index (χ1) is 26.2. The van der Waals surface area contributed by atoms with Crippen molar-refractivity contribution in [2.45, 2.75) is 83.3 Å². The number of nitriles is 1. The lowest BCUT2D eigenvalue weighted by Gasteiger charge is -2.39. The number of aromatic nitrogens is 3. The van der Waals surface area contributed by atoms with Crippen molar-refractivity contribution in [3.63, 3.8) is 0 Å². The fraction of sp³-hybridized carbons (Fsp3) is 0.439. The van der Waals surface area contributed by atoms with Gasteiger partial charge in [0.05, 0.1) is 58.8 Å². The molecule has 1 aliphatic rings. The second-order valence-electron chi connectivity index (χ2n) is 13.3. The van der Waals surface area contributed by atoms with Gasteiger partial charge in [0.2, 0.25) is 0 Å². The standard InChI is InChI=1S/C41H50N5O7P/c1-8-24-49-28-35-27-45(44-43-35)40-26-38(53-54(51-25-12-23-42)46(30(2)3)31(4)5)39(52-40)29-50-41(32-13-10-9-11-14-32,33-15-19-36(47-6)20-16-33)34-17-21-37(48-7)22-18-34/h1,9-11,13-22,27,30-31,38-40H,12,24-26,28-29H2,2-7H3/t38?,39-,40-,54?/m1/s1. The predicted molar refractivity (Wildman–Crippen MR) is 205 cm³/mol. The number of nitrogens with zero attached hydrogens (tertiary/aromatic N) is 5. The Bertz CT molecular complexity index is 1750. The topological polar surface area (TPSA) is 122 Å². The van der Waals surface area contributed by atoms with E-state index in [9.17, 15) is 5.26 Å². The van der Waals surface area contributed by atoms with Crippen LogP contribution in [-0.4, -0.2) is 78.0 Å². The van der Waals surface area contributed by atoms with Gasteiger partial charge in [0.1, 0.15) is 35.5 Å². The monoisotopic (exact) mass is 755 g/mol. The highest BCUT2D eigenvalue weighted by Crippen LogP contribution is 2.50. The van der Waals surface area contributed by atoms with Crippen LogP contribution in [0, 0.1) is 23.7 Å². The van der Waals surface area contributed by atoms with Crippen LogP contribution in [0.25, 0.3) is 0 Å². The molecule has 0 amide bonds. The molecular formula is C41H50N5O7P. The van der Waals surface area contributed by atoms with Crippen molar-refractivity contribution in [1.29, 1.82) is 5.26 Å². The molecule has 12 nitrogen and oxygen atoms in total. The molecule has 2 unspecified atom stereocenters. The molecule has 0 bridgehead atoms. The summed E-state index contributed by atoms with van der Waals surface area (Å²) >= 11 is 0. The molecule has 13 heteroatoms. The van der Waals surface area contributed by atoms with Crippen molar-refractivity contribution >= 4 is 8.53 Å². The third-order valence-electron chi connectivity index (χ3n) is 8.99. The van der Waals surface area contributed by atoms with Gasteiger partial charge < -0.3 is 32.7 Å². The van der Waals surface area contributed by atoms with Gasteiger partial charge in [-0.05, 0) is 68.7 Å². The average Bonchev–Trinajstić information content (AvgIpc) is 3.83. The van der Waals surface area contributed by atoms with Gasteiger partial charge in [-0.2, -0.15) is 5.26 Å². The van der Waals surface area contributed by atoms with Crippen LogP contribution < -0.4 is 9.47 Å². The van der Waals surface area contributed by atoms with Crippen molar-refractivity contribution in [1.82, 2.24) is 19.7 Å². The van der Waals surface area contributed by atoms with E-state index >= 15 is 0 Å². The Balaban J connectivity index is 1.55. The summed E-state index contributed by atoms with van der Waals surface area (Å²) < 4.78 is 47.8. The Kier molecular flexibility index (Phi) is 15.0. The lowest BCUT2D eigenvalue weighted by Crippen LogP contribution is -2.39. The second-order valence-corrected chi connectivity index (χ2v) is 14.7. The third kappa shape index (κ3) is 9.84. The number of terminal acetylenes is 1. The summed E-state index contributed by atoms with van der Waals surface area (Å²) in [5, 5.41) is 18.0. The van der Waals surface area contributed by atoms with Crippen molar-refractivity contribution in [3.8, 4) is 29.9 Å². The summed E-state index contributed by atoms with van der Waals surface area (Å²) in [6.45, 7) is 9.21. The van der Waals surface area contributed by atoms with Crippen LogP contribution in [-0.2, 0) is 35.5 Å². The molecule has 3 aromatic carbocycles. The quantitative estimate of drug-likeness (QED) is 0.0388. The van der Waals surface area contributed by atoms with Gasteiger partial charge >= 0.3 is 0 Å².